The van der Waals surface area contributed by atoms with Gasteiger partial charge >= 0.3 is 0 Å². The SMILES string of the molecule is CCC(C(=O)NC1CCCC1)N(Cc1ccc(Cl)c(Cl)c1)C(=O)CN(c1ccc(Cl)cc1C)S(C)(=O)=O. The molecule has 1 saturated carbocycles. The first-order valence-electron chi connectivity index (χ1n) is 12.2. The molecule has 0 saturated heterocycles. The average Bonchev–Trinajstić information content (AvgIpc) is 3.32. The van der Waals surface area contributed by atoms with Crippen molar-refractivity contribution in [1.82, 2.24) is 10.2 Å². The highest BCUT2D eigenvalue weighted by Gasteiger charge is 2.33. The van der Waals surface area contributed by atoms with Crippen LogP contribution in [-0.2, 0) is 26.2 Å². The summed E-state index contributed by atoms with van der Waals surface area (Å²) in [7, 11) is -3.83. The van der Waals surface area contributed by atoms with Crippen molar-refractivity contribution in [1.29, 1.82) is 0 Å². The van der Waals surface area contributed by atoms with Crippen molar-refractivity contribution in [2.45, 2.75) is 64.6 Å². The number of hydrogen-bond acceptors (Lipinski definition) is 4. The Balaban J connectivity index is 1.96. The highest BCUT2D eigenvalue weighted by Crippen LogP contribution is 2.27. The van der Waals surface area contributed by atoms with Crippen molar-refractivity contribution >= 4 is 62.3 Å². The minimum absolute atomic E-state index is 0.0590. The lowest BCUT2D eigenvalue weighted by Crippen LogP contribution is -2.53. The highest BCUT2D eigenvalue weighted by molar-refractivity contribution is 7.92. The van der Waals surface area contributed by atoms with E-state index in [9.17, 15) is 18.0 Å². The zero-order valence-electron chi connectivity index (χ0n) is 21.1. The molecule has 1 unspecified atom stereocenters. The number of sulfonamides is 1. The Bertz CT molecular complexity index is 1250. The molecule has 202 valence electrons. The third-order valence-electron chi connectivity index (χ3n) is 6.53. The van der Waals surface area contributed by atoms with Crippen LogP contribution in [0.4, 0.5) is 5.69 Å². The molecule has 1 N–H and O–H groups in total. The van der Waals surface area contributed by atoms with Gasteiger partial charge in [-0.15, -0.1) is 0 Å². The molecule has 11 heteroatoms. The highest BCUT2D eigenvalue weighted by atomic mass is 35.5. The third-order valence-corrected chi connectivity index (χ3v) is 8.63. The van der Waals surface area contributed by atoms with Gasteiger partial charge in [0, 0.05) is 17.6 Å². The van der Waals surface area contributed by atoms with E-state index >= 15 is 0 Å². The molecule has 0 radical (unpaired) electrons. The Labute approximate surface area is 234 Å². The van der Waals surface area contributed by atoms with Crippen LogP contribution in [0.1, 0.15) is 50.2 Å². The normalized spacial score (nSPS) is 14.9. The topological polar surface area (TPSA) is 86.8 Å². The van der Waals surface area contributed by atoms with Gasteiger partial charge in [-0.2, -0.15) is 0 Å². The second kappa shape index (κ2) is 12.7. The molecular formula is C26H32Cl3N3O4S. The molecular weight excluding hydrogens is 557 g/mol. The maximum absolute atomic E-state index is 13.8. The molecule has 1 aliphatic rings. The standard InChI is InChI=1S/C26H32Cl3N3O4S/c1-4-23(26(34)30-20-7-5-6-8-20)31(15-18-9-11-21(28)22(29)14-18)25(33)16-32(37(3,35)36)24-12-10-19(27)13-17(24)2/h9-14,20,23H,4-8,15-16H2,1-3H3,(H,30,34). The Morgan fingerprint density at radius 2 is 1.73 bits per heavy atom. The van der Waals surface area contributed by atoms with Gasteiger partial charge in [0.05, 0.1) is 22.0 Å². The van der Waals surface area contributed by atoms with Crippen molar-refractivity contribution in [3.63, 3.8) is 0 Å². The van der Waals surface area contributed by atoms with Crippen LogP contribution >= 0.6 is 34.8 Å². The summed E-state index contributed by atoms with van der Waals surface area (Å²) in [6.07, 6.45) is 5.31. The van der Waals surface area contributed by atoms with Gasteiger partial charge in [-0.3, -0.25) is 13.9 Å². The fourth-order valence-corrected chi connectivity index (χ4v) is 6.07. The van der Waals surface area contributed by atoms with E-state index in [4.69, 9.17) is 34.8 Å². The first-order valence-corrected chi connectivity index (χ1v) is 15.2. The van der Waals surface area contributed by atoms with Crippen LogP contribution in [0.5, 0.6) is 0 Å². The number of halogens is 3. The van der Waals surface area contributed by atoms with E-state index in [-0.39, 0.29) is 18.5 Å². The molecule has 1 fully saturated rings. The second-order valence-electron chi connectivity index (χ2n) is 9.38. The fourth-order valence-electron chi connectivity index (χ4n) is 4.62. The molecule has 2 aromatic carbocycles. The first kappa shape index (κ1) is 29.6. The zero-order valence-corrected chi connectivity index (χ0v) is 24.2. The number of carbonyl (C=O) groups excluding carboxylic acids is 2. The molecule has 0 aliphatic heterocycles. The largest absolute Gasteiger partial charge is 0.352 e. The van der Waals surface area contributed by atoms with E-state index in [1.165, 1.54) is 4.90 Å². The molecule has 1 aliphatic carbocycles. The van der Waals surface area contributed by atoms with Gasteiger partial charge in [0.15, 0.2) is 0 Å². The van der Waals surface area contributed by atoms with E-state index in [0.717, 1.165) is 36.2 Å². The summed E-state index contributed by atoms with van der Waals surface area (Å²) in [5.74, 6) is -0.768. The lowest BCUT2D eigenvalue weighted by Gasteiger charge is -2.33. The summed E-state index contributed by atoms with van der Waals surface area (Å²) in [4.78, 5) is 28.6. The maximum atomic E-state index is 13.8. The van der Waals surface area contributed by atoms with Gasteiger partial charge in [0.2, 0.25) is 21.8 Å². The monoisotopic (exact) mass is 587 g/mol. The Hall–Kier alpha value is -2.00. The van der Waals surface area contributed by atoms with Crippen molar-refractivity contribution in [3.8, 4) is 0 Å². The Morgan fingerprint density at radius 3 is 2.30 bits per heavy atom. The number of carbonyl (C=O) groups is 2. The van der Waals surface area contributed by atoms with Crippen LogP contribution < -0.4 is 9.62 Å². The number of hydrogen-bond donors (Lipinski definition) is 1. The lowest BCUT2D eigenvalue weighted by molar-refractivity contribution is -0.140. The van der Waals surface area contributed by atoms with E-state index in [1.807, 2.05) is 6.92 Å². The van der Waals surface area contributed by atoms with E-state index < -0.39 is 28.5 Å². The van der Waals surface area contributed by atoms with Crippen molar-refractivity contribution in [2.75, 3.05) is 17.1 Å². The van der Waals surface area contributed by atoms with Crippen molar-refractivity contribution < 1.29 is 18.0 Å². The van der Waals surface area contributed by atoms with Gasteiger partial charge in [0.25, 0.3) is 0 Å². The summed E-state index contributed by atoms with van der Waals surface area (Å²) < 4.78 is 26.6. The van der Waals surface area contributed by atoms with E-state index in [0.29, 0.717) is 38.3 Å². The second-order valence-corrected chi connectivity index (χ2v) is 12.5. The van der Waals surface area contributed by atoms with Gasteiger partial charge in [-0.05, 0) is 67.6 Å². The van der Waals surface area contributed by atoms with Gasteiger partial charge < -0.3 is 10.2 Å². The number of nitrogens with zero attached hydrogens (tertiary/aromatic N) is 2. The number of benzene rings is 2. The molecule has 0 bridgehead atoms. The zero-order chi connectivity index (χ0) is 27.3. The van der Waals surface area contributed by atoms with Crippen LogP contribution in [-0.4, -0.2) is 50.0 Å². The molecule has 37 heavy (non-hydrogen) atoms. The van der Waals surface area contributed by atoms with Crippen LogP contribution in [0, 0.1) is 6.92 Å². The average molecular weight is 589 g/mol. The molecule has 7 nitrogen and oxygen atoms in total. The number of amides is 2. The van der Waals surface area contributed by atoms with Crippen LogP contribution in [0.25, 0.3) is 0 Å². The number of anilines is 1. The summed E-state index contributed by atoms with van der Waals surface area (Å²) in [6.45, 7) is 3.13. The van der Waals surface area contributed by atoms with Crippen LogP contribution in [0.3, 0.4) is 0 Å². The molecule has 0 heterocycles. The van der Waals surface area contributed by atoms with Crippen LogP contribution in [0.2, 0.25) is 15.1 Å². The summed E-state index contributed by atoms with van der Waals surface area (Å²) >= 11 is 18.3. The number of nitrogens with one attached hydrogen (secondary N) is 1. The van der Waals surface area contributed by atoms with Crippen molar-refractivity contribution in [3.05, 3.63) is 62.6 Å². The molecule has 3 rings (SSSR count). The molecule has 0 aromatic heterocycles. The van der Waals surface area contributed by atoms with E-state index in [1.54, 1.807) is 43.3 Å². The predicted octanol–water partition coefficient (Wildman–Crippen LogP) is 5.59. The van der Waals surface area contributed by atoms with Gasteiger partial charge in [0.1, 0.15) is 12.6 Å². The summed E-state index contributed by atoms with van der Waals surface area (Å²) in [5.41, 5.74) is 1.62. The third kappa shape index (κ3) is 7.76. The maximum Gasteiger partial charge on any atom is 0.244 e. The fraction of sp³-hybridized carbons (Fsp3) is 0.462. The van der Waals surface area contributed by atoms with Gasteiger partial charge in [-0.1, -0.05) is 60.6 Å². The van der Waals surface area contributed by atoms with E-state index in [2.05, 4.69) is 5.32 Å². The lowest BCUT2D eigenvalue weighted by atomic mass is 10.1. The molecule has 1 atom stereocenters. The predicted molar refractivity (Wildman–Crippen MR) is 150 cm³/mol. The minimum atomic E-state index is -3.83. The van der Waals surface area contributed by atoms with Crippen molar-refractivity contribution in [2.24, 2.45) is 0 Å². The minimum Gasteiger partial charge on any atom is -0.352 e. The quantitative estimate of drug-likeness (QED) is 0.392. The Morgan fingerprint density at radius 1 is 1.05 bits per heavy atom. The molecule has 0 spiro atoms. The summed E-state index contributed by atoms with van der Waals surface area (Å²) in [5, 5.41) is 4.23. The number of aryl methyl sites for hydroxylation is 1. The van der Waals surface area contributed by atoms with Crippen LogP contribution in [0.15, 0.2) is 36.4 Å². The smallest absolute Gasteiger partial charge is 0.244 e. The Kier molecular flexibility index (Phi) is 10.1. The summed E-state index contributed by atoms with van der Waals surface area (Å²) in [6, 6.07) is 9.06. The number of rotatable bonds is 10. The molecule has 2 amide bonds. The molecule has 2 aromatic rings. The first-order chi connectivity index (χ1) is 17.4. The van der Waals surface area contributed by atoms with Gasteiger partial charge in [-0.25, -0.2) is 8.42 Å².